The lowest BCUT2D eigenvalue weighted by Gasteiger charge is -2.18. The lowest BCUT2D eigenvalue weighted by molar-refractivity contribution is -0.167. The zero-order chi connectivity index (χ0) is 10.6. The van der Waals surface area contributed by atoms with Crippen molar-refractivity contribution in [1.29, 1.82) is 0 Å². The van der Waals surface area contributed by atoms with Gasteiger partial charge >= 0.3 is 5.97 Å². The van der Waals surface area contributed by atoms with Crippen LogP contribution in [-0.4, -0.2) is 35.8 Å². The molecule has 2 aliphatic carbocycles. The molecule has 4 nitrogen and oxygen atoms in total. The van der Waals surface area contributed by atoms with Gasteiger partial charge in [0, 0.05) is 32.4 Å². The van der Waals surface area contributed by atoms with Crippen LogP contribution in [0.3, 0.4) is 0 Å². The van der Waals surface area contributed by atoms with E-state index in [-0.39, 0.29) is 17.7 Å². The van der Waals surface area contributed by atoms with Gasteiger partial charge in [-0.2, -0.15) is 5.06 Å². The summed E-state index contributed by atoms with van der Waals surface area (Å²) < 4.78 is 5.30. The van der Waals surface area contributed by atoms with E-state index in [1.54, 1.807) is 0 Å². The monoisotopic (exact) mass is 211 g/mol. The molecular formula is C11H17NO3. The normalized spacial score (nSPS) is 41.9. The van der Waals surface area contributed by atoms with E-state index in [2.05, 4.69) is 0 Å². The van der Waals surface area contributed by atoms with E-state index in [1.807, 2.05) is 12.1 Å². The fourth-order valence-corrected chi connectivity index (χ4v) is 3.28. The Kier molecular flexibility index (Phi) is 1.89. The highest BCUT2D eigenvalue weighted by Gasteiger charge is 2.63. The van der Waals surface area contributed by atoms with Gasteiger partial charge in [0.15, 0.2) is 0 Å². The van der Waals surface area contributed by atoms with Gasteiger partial charge in [0.2, 0.25) is 0 Å². The molecule has 0 aromatic rings. The molecular weight excluding hydrogens is 194 g/mol. The molecule has 1 saturated heterocycles. The first-order valence-corrected chi connectivity index (χ1v) is 5.70. The summed E-state index contributed by atoms with van der Waals surface area (Å²) in [4.78, 5) is 16.8. The molecule has 3 rings (SSSR count). The van der Waals surface area contributed by atoms with Crippen molar-refractivity contribution in [2.24, 2.45) is 5.92 Å². The fraction of sp³-hybridized carbons (Fsp3) is 0.909. The molecule has 1 spiro atoms. The van der Waals surface area contributed by atoms with Crippen molar-refractivity contribution in [1.82, 2.24) is 5.06 Å². The number of esters is 1. The van der Waals surface area contributed by atoms with Crippen LogP contribution >= 0.6 is 0 Å². The molecule has 0 bridgehead atoms. The van der Waals surface area contributed by atoms with Crippen LogP contribution in [0.25, 0.3) is 0 Å². The minimum Gasteiger partial charge on any atom is -0.462 e. The zero-order valence-corrected chi connectivity index (χ0v) is 9.23. The maximum Gasteiger partial charge on any atom is 0.302 e. The standard InChI is InChI=1S/C11H17NO3/c1-7(13)14-8-5-9-10(6-8)12(2)15-11(9)3-4-11/h8-10H,3-6H2,1-2H3/t8-,9+,10-/m1/s1. The van der Waals surface area contributed by atoms with Gasteiger partial charge in [0.25, 0.3) is 0 Å². The van der Waals surface area contributed by atoms with Crippen molar-refractivity contribution in [2.75, 3.05) is 7.05 Å². The van der Waals surface area contributed by atoms with Gasteiger partial charge in [-0.15, -0.1) is 0 Å². The van der Waals surface area contributed by atoms with Crippen molar-refractivity contribution in [3.8, 4) is 0 Å². The second-order valence-electron chi connectivity index (χ2n) is 5.08. The first-order chi connectivity index (χ1) is 7.11. The highest BCUT2D eigenvalue weighted by molar-refractivity contribution is 5.66. The minimum atomic E-state index is -0.159. The molecule has 1 heterocycles. The molecule has 4 heteroatoms. The maximum atomic E-state index is 10.9. The van der Waals surface area contributed by atoms with Crippen LogP contribution in [0.15, 0.2) is 0 Å². The molecule has 2 saturated carbocycles. The molecule has 15 heavy (non-hydrogen) atoms. The Morgan fingerprint density at radius 1 is 1.47 bits per heavy atom. The number of hydrogen-bond donors (Lipinski definition) is 0. The summed E-state index contributed by atoms with van der Waals surface area (Å²) in [5, 5.41) is 1.99. The molecule has 0 radical (unpaired) electrons. The number of carbonyl (C=O) groups excluding carboxylic acids is 1. The van der Waals surface area contributed by atoms with Crippen molar-refractivity contribution < 1.29 is 14.4 Å². The Balaban J connectivity index is 1.72. The van der Waals surface area contributed by atoms with Gasteiger partial charge in [-0.25, -0.2) is 0 Å². The van der Waals surface area contributed by atoms with Crippen molar-refractivity contribution >= 4 is 5.97 Å². The number of hydrogen-bond acceptors (Lipinski definition) is 4. The molecule has 1 aliphatic heterocycles. The van der Waals surface area contributed by atoms with Crippen molar-refractivity contribution in [3.63, 3.8) is 0 Å². The Morgan fingerprint density at radius 2 is 2.20 bits per heavy atom. The SMILES string of the molecule is CC(=O)O[C@H]1C[C@@H]2[C@H](C1)C1(CC1)ON2C. The van der Waals surface area contributed by atoms with Gasteiger partial charge in [0.1, 0.15) is 6.10 Å². The quantitative estimate of drug-likeness (QED) is 0.609. The summed E-state index contributed by atoms with van der Waals surface area (Å²) in [6, 6.07) is 0.455. The van der Waals surface area contributed by atoms with E-state index < -0.39 is 0 Å². The predicted molar refractivity (Wildman–Crippen MR) is 52.9 cm³/mol. The summed E-state index contributed by atoms with van der Waals surface area (Å²) >= 11 is 0. The van der Waals surface area contributed by atoms with Gasteiger partial charge in [-0.1, -0.05) is 0 Å². The van der Waals surface area contributed by atoms with Crippen LogP contribution in [0.2, 0.25) is 0 Å². The van der Waals surface area contributed by atoms with E-state index in [0.29, 0.717) is 12.0 Å². The largest absolute Gasteiger partial charge is 0.462 e. The van der Waals surface area contributed by atoms with Gasteiger partial charge in [0.05, 0.1) is 5.60 Å². The number of hydroxylamine groups is 2. The second-order valence-corrected chi connectivity index (χ2v) is 5.08. The molecule has 0 aromatic carbocycles. The van der Waals surface area contributed by atoms with E-state index in [1.165, 1.54) is 19.8 Å². The lowest BCUT2D eigenvalue weighted by atomic mass is 9.96. The average molecular weight is 211 g/mol. The Labute approximate surface area is 89.5 Å². The third kappa shape index (κ3) is 1.39. The van der Waals surface area contributed by atoms with E-state index in [4.69, 9.17) is 9.57 Å². The molecule has 3 fully saturated rings. The maximum absolute atomic E-state index is 10.9. The molecule has 0 unspecified atom stereocenters. The summed E-state index contributed by atoms with van der Waals surface area (Å²) in [7, 11) is 2.00. The van der Waals surface area contributed by atoms with Crippen LogP contribution in [-0.2, 0) is 14.4 Å². The predicted octanol–water partition coefficient (Wildman–Crippen LogP) is 1.11. The number of fused-ring (bicyclic) bond motifs is 2. The summed E-state index contributed by atoms with van der Waals surface area (Å²) in [6.07, 6.45) is 4.37. The van der Waals surface area contributed by atoms with Crippen LogP contribution in [0, 0.1) is 5.92 Å². The van der Waals surface area contributed by atoms with Crippen molar-refractivity contribution in [3.05, 3.63) is 0 Å². The molecule has 0 N–H and O–H groups in total. The number of ether oxygens (including phenoxy) is 1. The first-order valence-electron chi connectivity index (χ1n) is 5.70. The molecule has 0 amide bonds. The van der Waals surface area contributed by atoms with Crippen molar-refractivity contribution in [2.45, 2.75) is 50.4 Å². The van der Waals surface area contributed by atoms with Crippen LogP contribution in [0.5, 0.6) is 0 Å². The Morgan fingerprint density at radius 3 is 2.80 bits per heavy atom. The number of carbonyl (C=O) groups is 1. The highest BCUT2D eigenvalue weighted by atomic mass is 16.7. The smallest absolute Gasteiger partial charge is 0.302 e. The highest BCUT2D eigenvalue weighted by Crippen LogP contribution is 2.58. The van der Waals surface area contributed by atoms with Gasteiger partial charge < -0.3 is 4.74 Å². The summed E-state index contributed by atoms with van der Waals surface area (Å²) in [5.74, 6) is 0.417. The molecule has 0 aromatic heterocycles. The minimum absolute atomic E-state index is 0.112. The van der Waals surface area contributed by atoms with Crippen LogP contribution in [0.1, 0.15) is 32.6 Å². The molecule has 3 atom stereocenters. The van der Waals surface area contributed by atoms with E-state index in [0.717, 1.165) is 12.8 Å². The van der Waals surface area contributed by atoms with Gasteiger partial charge in [-0.3, -0.25) is 9.63 Å². The molecule has 84 valence electrons. The van der Waals surface area contributed by atoms with Crippen LogP contribution in [0.4, 0.5) is 0 Å². The lowest BCUT2D eigenvalue weighted by Crippen LogP contribution is -2.26. The third-order valence-corrected chi connectivity index (χ3v) is 4.03. The number of rotatable bonds is 1. The third-order valence-electron chi connectivity index (χ3n) is 4.03. The Bertz CT molecular complexity index is 300. The fourth-order valence-electron chi connectivity index (χ4n) is 3.28. The Hall–Kier alpha value is -0.610. The van der Waals surface area contributed by atoms with E-state index >= 15 is 0 Å². The summed E-state index contributed by atoms with van der Waals surface area (Å²) in [5.41, 5.74) is 0.119. The topological polar surface area (TPSA) is 38.8 Å². The number of nitrogens with zero attached hydrogens (tertiary/aromatic N) is 1. The van der Waals surface area contributed by atoms with Crippen LogP contribution < -0.4 is 0 Å². The second kappa shape index (κ2) is 2.95. The first kappa shape index (κ1) is 9.60. The summed E-state index contributed by atoms with van der Waals surface area (Å²) in [6.45, 7) is 1.49. The molecule has 3 aliphatic rings. The zero-order valence-electron chi connectivity index (χ0n) is 9.23. The van der Waals surface area contributed by atoms with Gasteiger partial charge in [-0.05, 0) is 19.3 Å². The average Bonchev–Trinajstić information content (AvgIpc) is 2.70. The van der Waals surface area contributed by atoms with E-state index in [9.17, 15) is 4.79 Å².